The number of hydrogen-bond acceptors (Lipinski definition) is 0. The van der Waals surface area contributed by atoms with Crippen LogP contribution < -0.4 is 0 Å². The summed E-state index contributed by atoms with van der Waals surface area (Å²) in [7, 11) is 0. The van der Waals surface area contributed by atoms with Crippen LogP contribution in [0.3, 0.4) is 0 Å². The summed E-state index contributed by atoms with van der Waals surface area (Å²) in [6.07, 6.45) is 2.22. The fraction of sp³-hybridized carbons (Fsp3) is 0.200. The van der Waals surface area contributed by atoms with Crippen LogP contribution in [0.15, 0.2) is 48.5 Å². The molecular weight excluding hydrogens is 180 g/mol. The van der Waals surface area contributed by atoms with E-state index in [-0.39, 0.29) is 0 Å². The largest absolute Gasteiger partial charge is 0.0622 e. The fourth-order valence-corrected chi connectivity index (χ4v) is 1.75. The Morgan fingerprint density at radius 2 is 1.73 bits per heavy atom. The van der Waals surface area contributed by atoms with E-state index < -0.39 is 0 Å². The molecule has 0 aliphatic carbocycles. The maximum atomic E-state index is 3.24. The molecule has 0 heteroatoms. The number of benzene rings is 2. The summed E-state index contributed by atoms with van der Waals surface area (Å²) in [4.78, 5) is 0. The Morgan fingerprint density at radius 1 is 0.933 bits per heavy atom. The number of aryl methyl sites for hydroxylation is 3. The highest BCUT2D eigenvalue weighted by molar-refractivity contribution is 5.26. The molecule has 0 heterocycles. The molecule has 2 aromatic rings. The van der Waals surface area contributed by atoms with Crippen molar-refractivity contribution in [1.82, 2.24) is 0 Å². The molecule has 0 aliphatic heterocycles. The molecule has 2 aromatic carbocycles. The second-order valence-electron chi connectivity index (χ2n) is 3.81. The van der Waals surface area contributed by atoms with Gasteiger partial charge in [0.1, 0.15) is 0 Å². The second-order valence-corrected chi connectivity index (χ2v) is 3.81. The first-order chi connectivity index (χ1) is 7.36. The van der Waals surface area contributed by atoms with Gasteiger partial charge in [-0.1, -0.05) is 48.5 Å². The SMILES string of the molecule is Cc1[c]cccc1CCc1ccccc1. The van der Waals surface area contributed by atoms with Gasteiger partial charge in [0.25, 0.3) is 0 Å². The van der Waals surface area contributed by atoms with Crippen LogP contribution >= 0.6 is 0 Å². The minimum Gasteiger partial charge on any atom is -0.0622 e. The standard InChI is InChI=1S/C15H15/c1-13-7-5-6-10-15(13)12-11-14-8-3-2-4-9-14/h2-6,8-10H,11-12H2,1H3. The van der Waals surface area contributed by atoms with Gasteiger partial charge in [-0.05, 0) is 42.5 Å². The molecule has 0 amide bonds. The first kappa shape index (κ1) is 9.97. The molecule has 1 radical (unpaired) electrons. The summed E-state index contributed by atoms with van der Waals surface area (Å²) in [6.45, 7) is 2.13. The highest BCUT2D eigenvalue weighted by atomic mass is 14.0. The van der Waals surface area contributed by atoms with E-state index in [9.17, 15) is 0 Å². The summed E-state index contributed by atoms with van der Waals surface area (Å²) in [5.74, 6) is 0. The van der Waals surface area contributed by atoms with Crippen molar-refractivity contribution >= 4 is 0 Å². The first-order valence-electron chi connectivity index (χ1n) is 5.36. The van der Waals surface area contributed by atoms with Crippen molar-refractivity contribution in [2.24, 2.45) is 0 Å². The summed E-state index contributed by atoms with van der Waals surface area (Å²) in [5, 5.41) is 0. The minimum absolute atomic E-state index is 1.10. The van der Waals surface area contributed by atoms with Gasteiger partial charge in [-0.3, -0.25) is 0 Å². The van der Waals surface area contributed by atoms with E-state index in [4.69, 9.17) is 0 Å². The first-order valence-corrected chi connectivity index (χ1v) is 5.36. The quantitative estimate of drug-likeness (QED) is 0.702. The normalized spacial score (nSPS) is 10.2. The summed E-state index contributed by atoms with van der Waals surface area (Å²) in [5.41, 5.74) is 4.08. The summed E-state index contributed by atoms with van der Waals surface area (Å²) < 4.78 is 0. The maximum Gasteiger partial charge on any atom is -0.0149 e. The summed E-state index contributed by atoms with van der Waals surface area (Å²) in [6, 6.07) is 20.1. The predicted octanol–water partition coefficient (Wildman–Crippen LogP) is 3.58. The van der Waals surface area contributed by atoms with E-state index >= 15 is 0 Å². The van der Waals surface area contributed by atoms with Crippen LogP contribution in [0.5, 0.6) is 0 Å². The average molecular weight is 195 g/mol. The predicted molar refractivity (Wildman–Crippen MR) is 63.9 cm³/mol. The van der Waals surface area contributed by atoms with Gasteiger partial charge in [0.05, 0.1) is 0 Å². The molecule has 15 heavy (non-hydrogen) atoms. The van der Waals surface area contributed by atoms with Crippen molar-refractivity contribution in [3.63, 3.8) is 0 Å². The lowest BCUT2D eigenvalue weighted by Crippen LogP contribution is -1.93. The Hall–Kier alpha value is -1.56. The van der Waals surface area contributed by atoms with Crippen molar-refractivity contribution < 1.29 is 0 Å². The molecule has 0 fully saturated rings. The van der Waals surface area contributed by atoms with Crippen LogP contribution in [0.1, 0.15) is 16.7 Å². The minimum atomic E-state index is 1.10. The van der Waals surface area contributed by atoms with E-state index in [1.54, 1.807) is 0 Å². The molecule has 0 N–H and O–H groups in total. The molecule has 0 nitrogen and oxygen atoms in total. The van der Waals surface area contributed by atoms with Crippen LogP contribution in [0.4, 0.5) is 0 Å². The van der Waals surface area contributed by atoms with Gasteiger partial charge in [0.2, 0.25) is 0 Å². The van der Waals surface area contributed by atoms with Gasteiger partial charge < -0.3 is 0 Å². The van der Waals surface area contributed by atoms with Gasteiger partial charge in [-0.2, -0.15) is 0 Å². The Balaban J connectivity index is 2.03. The van der Waals surface area contributed by atoms with Crippen LogP contribution in [-0.4, -0.2) is 0 Å². The Morgan fingerprint density at radius 3 is 2.47 bits per heavy atom. The molecule has 2 rings (SSSR count). The average Bonchev–Trinajstić information content (AvgIpc) is 2.29. The van der Waals surface area contributed by atoms with Crippen molar-refractivity contribution in [3.8, 4) is 0 Å². The monoisotopic (exact) mass is 195 g/mol. The lowest BCUT2D eigenvalue weighted by atomic mass is 10.0. The lowest BCUT2D eigenvalue weighted by molar-refractivity contribution is 0.949. The van der Waals surface area contributed by atoms with E-state index in [2.05, 4.69) is 55.5 Å². The molecule has 0 aromatic heterocycles. The molecule has 0 saturated carbocycles. The van der Waals surface area contributed by atoms with Crippen LogP contribution in [0, 0.1) is 13.0 Å². The van der Waals surface area contributed by atoms with E-state index in [1.807, 2.05) is 6.07 Å². The van der Waals surface area contributed by atoms with Gasteiger partial charge in [-0.15, -0.1) is 0 Å². The van der Waals surface area contributed by atoms with E-state index in [1.165, 1.54) is 16.7 Å². The Labute approximate surface area is 91.6 Å². The molecule has 0 spiro atoms. The molecule has 0 saturated heterocycles. The topological polar surface area (TPSA) is 0 Å². The molecule has 75 valence electrons. The van der Waals surface area contributed by atoms with E-state index in [0.29, 0.717) is 0 Å². The van der Waals surface area contributed by atoms with E-state index in [0.717, 1.165) is 12.8 Å². The third-order valence-corrected chi connectivity index (χ3v) is 2.70. The Kier molecular flexibility index (Phi) is 3.18. The zero-order valence-corrected chi connectivity index (χ0v) is 9.03. The van der Waals surface area contributed by atoms with Crippen molar-refractivity contribution in [1.29, 1.82) is 0 Å². The zero-order valence-electron chi connectivity index (χ0n) is 9.03. The Bertz CT molecular complexity index is 415. The van der Waals surface area contributed by atoms with Crippen LogP contribution in [0.2, 0.25) is 0 Å². The molecule has 0 bridgehead atoms. The second kappa shape index (κ2) is 4.79. The molecular formula is C15H15. The fourth-order valence-electron chi connectivity index (χ4n) is 1.75. The maximum absolute atomic E-state index is 3.24. The van der Waals surface area contributed by atoms with Gasteiger partial charge in [0.15, 0.2) is 0 Å². The van der Waals surface area contributed by atoms with Gasteiger partial charge >= 0.3 is 0 Å². The highest BCUT2D eigenvalue weighted by Crippen LogP contribution is 2.10. The van der Waals surface area contributed by atoms with Crippen LogP contribution in [-0.2, 0) is 12.8 Å². The molecule has 0 unspecified atom stereocenters. The smallest absolute Gasteiger partial charge is 0.0149 e. The third kappa shape index (κ3) is 2.69. The van der Waals surface area contributed by atoms with Gasteiger partial charge in [-0.25, -0.2) is 0 Å². The third-order valence-electron chi connectivity index (χ3n) is 2.70. The van der Waals surface area contributed by atoms with Crippen molar-refractivity contribution in [3.05, 3.63) is 71.3 Å². The van der Waals surface area contributed by atoms with Crippen LogP contribution in [0.25, 0.3) is 0 Å². The van der Waals surface area contributed by atoms with Crippen molar-refractivity contribution in [2.75, 3.05) is 0 Å². The van der Waals surface area contributed by atoms with Crippen molar-refractivity contribution in [2.45, 2.75) is 19.8 Å². The summed E-state index contributed by atoms with van der Waals surface area (Å²) >= 11 is 0. The highest BCUT2D eigenvalue weighted by Gasteiger charge is 1.97. The number of hydrogen-bond donors (Lipinski definition) is 0. The van der Waals surface area contributed by atoms with Gasteiger partial charge in [0, 0.05) is 0 Å². The molecule has 0 atom stereocenters. The zero-order chi connectivity index (χ0) is 10.5. The number of rotatable bonds is 3. The lowest BCUT2D eigenvalue weighted by Gasteiger charge is -2.04. The molecule has 0 aliphatic rings.